The van der Waals surface area contributed by atoms with Crippen LogP contribution in [0.3, 0.4) is 0 Å². The zero-order valence-corrected chi connectivity index (χ0v) is 11.3. The molecule has 0 aliphatic carbocycles. The number of nitrogens with zero attached hydrogens (tertiary/aromatic N) is 2. The Kier molecular flexibility index (Phi) is 4.50. The van der Waals surface area contributed by atoms with E-state index in [0.717, 1.165) is 37.5 Å². The highest BCUT2D eigenvalue weighted by molar-refractivity contribution is 5.84. The number of carbonyl (C=O) groups excluding carboxylic acids is 1. The molecule has 0 N–H and O–H groups in total. The van der Waals surface area contributed by atoms with Gasteiger partial charge in [-0.05, 0) is 31.4 Å². The van der Waals surface area contributed by atoms with Crippen LogP contribution < -0.4 is 9.64 Å². The highest BCUT2D eigenvalue weighted by atomic mass is 19.4. The fourth-order valence-corrected chi connectivity index (χ4v) is 2.16. The molecule has 1 aromatic rings. The van der Waals surface area contributed by atoms with E-state index in [9.17, 15) is 18.0 Å². The number of alkyl halides is 3. The maximum Gasteiger partial charge on any atom is 0.433 e. The summed E-state index contributed by atoms with van der Waals surface area (Å²) in [6.45, 7) is 4.45. The molecule has 0 aromatic carbocycles. The van der Waals surface area contributed by atoms with Crippen molar-refractivity contribution in [2.24, 2.45) is 0 Å². The van der Waals surface area contributed by atoms with Crippen LogP contribution in [-0.4, -0.2) is 24.0 Å². The molecule has 2 rings (SSSR count). The van der Waals surface area contributed by atoms with E-state index >= 15 is 0 Å². The lowest BCUT2D eigenvalue weighted by atomic mass is 10.1. The second-order valence-electron chi connectivity index (χ2n) is 4.69. The number of esters is 1. The molecule has 0 saturated carbocycles. The molecule has 1 aliphatic heterocycles. The van der Waals surface area contributed by atoms with E-state index in [2.05, 4.69) is 11.6 Å². The summed E-state index contributed by atoms with van der Waals surface area (Å²) in [7, 11) is 0. The molecule has 0 unspecified atom stereocenters. The number of ether oxygens (including phenoxy) is 1. The lowest BCUT2D eigenvalue weighted by Gasteiger charge is -2.29. The third-order valence-electron chi connectivity index (χ3n) is 3.16. The largest absolute Gasteiger partial charge is 0.433 e. The van der Waals surface area contributed by atoms with Gasteiger partial charge in [-0.3, -0.25) is 0 Å². The van der Waals surface area contributed by atoms with Crippen molar-refractivity contribution in [1.29, 1.82) is 0 Å². The normalized spacial score (nSPS) is 15.7. The van der Waals surface area contributed by atoms with E-state index in [4.69, 9.17) is 4.74 Å². The van der Waals surface area contributed by atoms with Crippen molar-refractivity contribution in [2.45, 2.75) is 25.4 Å². The van der Waals surface area contributed by atoms with Crippen LogP contribution in [0.1, 0.15) is 25.0 Å². The van der Waals surface area contributed by atoms with Gasteiger partial charge in [0.25, 0.3) is 0 Å². The average molecular weight is 300 g/mol. The summed E-state index contributed by atoms with van der Waals surface area (Å²) >= 11 is 0. The van der Waals surface area contributed by atoms with Gasteiger partial charge in [0.1, 0.15) is 5.69 Å². The second kappa shape index (κ2) is 6.15. The molecule has 7 heteroatoms. The number of piperidine rings is 1. The van der Waals surface area contributed by atoms with Crippen LogP contribution in [0.15, 0.2) is 24.8 Å². The van der Waals surface area contributed by atoms with Gasteiger partial charge < -0.3 is 9.64 Å². The maximum absolute atomic E-state index is 12.8. The van der Waals surface area contributed by atoms with Gasteiger partial charge in [0.2, 0.25) is 0 Å². The number of aromatic nitrogens is 1. The van der Waals surface area contributed by atoms with E-state index < -0.39 is 17.8 Å². The van der Waals surface area contributed by atoms with Crippen molar-refractivity contribution in [1.82, 2.24) is 4.98 Å². The van der Waals surface area contributed by atoms with Gasteiger partial charge in [-0.1, -0.05) is 6.58 Å². The summed E-state index contributed by atoms with van der Waals surface area (Å²) in [6.07, 6.45) is -0.819. The molecule has 0 atom stereocenters. The quantitative estimate of drug-likeness (QED) is 0.635. The molecule has 114 valence electrons. The molecule has 21 heavy (non-hydrogen) atoms. The van der Waals surface area contributed by atoms with Gasteiger partial charge in [-0.2, -0.15) is 13.2 Å². The van der Waals surface area contributed by atoms with Crippen molar-refractivity contribution in [2.75, 3.05) is 18.0 Å². The minimum absolute atomic E-state index is 0.0230. The van der Waals surface area contributed by atoms with Crippen molar-refractivity contribution >= 4 is 11.8 Å². The van der Waals surface area contributed by atoms with Crippen molar-refractivity contribution in [3.05, 3.63) is 30.5 Å². The smallest absolute Gasteiger partial charge is 0.419 e. The first kappa shape index (κ1) is 15.3. The van der Waals surface area contributed by atoms with Gasteiger partial charge in [-0.25, -0.2) is 9.78 Å². The van der Waals surface area contributed by atoms with Crippen LogP contribution in [0.25, 0.3) is 0 Å². The first-order valence-corrected chi connectivity index (χ1v) is 6.59. The summed E-state index contributed by atoms with van der Waals surface area (Å²) in [5, 5.41) is 0. The van der Waals surface area contributed by atoms with Gasteiger partial charge in [-0.15, -0.1) is 0 Å². The van der Waals surface area contributed by atoms with Crippen LogP contribution in [0, 0.1) is 0 Å². The van der Waals surface area contributed by atoms with Crippen molar-refractivity contribution in [3.63, 3.8) is 0 Å². The number of pyridine rings is 1. The van der Waals surface area contributed by atoms with Gasteiger partial charge in [0.15, 0.2) is 11.6 Å². The second-order valence-corrected chi connectivity index (χ2v) is 4.69. The fourth-order valence-electron chi connectivity index (χ4n) is 2.16. The Morgan fingerprint density at radius 2 is 1.95 bits per heavy atom. The van der Waals surface area contributed by atoms with Crippen LogP contribution in [0.4, 0.5) is 19.0 Å². The fraction of sp³-hybridized carbons (Fsp3) is 0.429. The highest BCUT2D eigenvalue weighted by Crippen LogP contribution is 2.34. The van der Waals surface area contributed by atoms with E-state index in [1.165, 1.54) is 0 Å². The minimum atomic E-state index is -4.54. The van der Waals surface area contributed by atoms with E-state index in [-0.39, 0.29) is 11.6 Å². The summed E-state index contributed by atoms with van der Waals surface area (Å²) in [5.41, 5.74) is -0.999. The van der Waals surface area contributed by atoms with Crippen LogP contribution >= 0.6 is 0 Å². The number of carbonyl (C=O) groups is 1. The first-order valence-electron chi connectivity index (χ1n) is 6.59. The van der Waals surface area contributed by atoms with E-state index in [1.54, 1.807) is 4.90 Å². The van der Waals surface area contributed by atoms with Gasteiger partial charge >= 0.3 is 12.1 Å². The van der Waals surface area contributed by atoms with Crippen LogP contribution in [0.2, 0.25) is 0 Å². The summed E-state index contributed by atoms with van der Waals surface area (Å²) in [6, 6.07) is 1.93. The average Bonchev–Trinajstić information content (AvgIpc) is 2.47. The SMILES string of the molecule is C=CC(=O)Oc1ccc(C(F)(F)F)nc1N1CCCCC1. The standard InChI is InChI=1S/C14H15F3N2O2/c1-2-12(20)21-10-6-7-11(14(15,16)17)18-13(10)19-8-4-3-5-9-19/h2,6-7H,1,3-5,8-9H2. The molecule has 0 bridgehead atoms. The molecule has 0 radical (unpaired) electrons. The predicted molar refractivity (Wildman–Crippen MR) is 71.1 cm³/mol. The predicted octanol–water partition coefficient (Wildman–Crippen LogP) is 3.18. The Labute approximate surface area is 120 Å². The van der Waals surface area contributed by atoms with Crippen LogP contribution in [0.5, 0.6) is 5.75 Å². The Hall–Kier alpha value is -2.05. The third-order valence-corrected chi connectivity index (χ3v) is 3.16. The van der Waals surface area contributed by atoms with Crippen molar-refractivity contribution < 1.29 is 22.7 Å². The zero-order valence-electron chi connectivity index (χ0n) is 11.3. The highest BCUT2D eigenvalue weighted by Gasteiger charge is 2.34. The lowest BCUT2D eigenvalue weighted by Crippen LogP contribution is -2.31. The topological polar surface area (TPSA) is 42.4 Å². The minimum Gasteiger partial charge on any atom is -0.419 e. The van der Waals surface area contributed by atoms with Gasteiger partial charge in [0.05, 0.1) is 0 Å². The van der Waals surface area contributed by atoms with E-state index in [1.807, 2.05) is 0 Å². The molecule has 1 aromatic heterocycles. The maximum atomic E-state index is 12.8. The Morgan fingerprint density at radius 3 is 2.52 bits per heavy atom. The molecular formula is C14H15F3N2O2. The first-order chi connectivity index (χ1) is 9.91. The molecule has 2 heterocycles. The Balaban J connectivity index is 2.38. The number of halogens is 3. The van der Waals surface area contributed by atoms with Gasteiger partial charge in [0, 0.05) is 19.2 Å². The molecule has 4 nitrogen and oxygen atoms in total. The Morgan fingerprint density at radius 1 is 1.29 bits per heavy atom. The number of hydrogen-bond acceptors (Lipinski definition) is 4. The summed E-state index contributed by atoms with van der Waals surface area (Å²) in [4.78, 5) is 16.6. The molecular weight excluding hydrogens is 285 g/mol. The van der Waals surface area contributed by atoms with E-state index in [0.29, 0.717) is 13.1 Å². The monoisotopic (exact) mass is 300 g/mol. The third kappa shape index (κ3) is 3.74. The number of rotatable bonds is 3. The van der Waals surface area contributed by atoms with Crippen LogP contribution in [-0.2, 0) is 11.0 Å². The molecule has 1 saturated heterocycles. The summed E-state index contributed by atoms with van der Waals surface area (Å²) in [5.74, 6) is -0.649. The lowest BCUT2D eigenvalue weighted by molar-refractivity contribution is -0.141. The number of anilines is 1. The molecule has 1 aliphatic rings. The molecule has 1 fully saturated rings. The van der Waals surface area contributed by atoms with Crippen molar-refractivity contribution in [3.8, 4) is 5.75 Å². The molecule has 0 amide bonds. The summed E-state index contributed by atoms with van der Waals surface area (Å²) < 4.78 is 43.4. The molecule has 0 spiro atoms. The number of hydrogen-bond donors (Lipinski definition) is 0. The Bertz CT molecular complexity index is 538. The zero-order chi connectivity index (χ0) is 15.5.